The highest BCUT2D eigenvalue weighted by atomic mass is 32.1. The van der Waals surface area contributed by atoms with Crippen LogP contribution in [0.5, 0.6) is 0 Å². The third kappa shape index (κ3) is 8.19. The molecule has 5 rings (SSSR count). The number of aromatic amines is 1. The Morgan fingerprint density at radius 3 is 2.12 bits per heavy atom. The monoisotopic (exact) mass is 686 g/mol. The van der Waals surface area contributed by atoms with Crippen LogP contribution in [0.4, 0.5) is 0 Å². The van der Waals surface area contributed by atoms with E-state index in [1.807, 2.05) is 49.4 Å². The third-order valence-corrected chi connectivity index (χ3v) is 14.1. The molecular weight excluding hydrogens is 641 g/mol. The number of thiocarbonyl (C=S) groups is 1. The zero-order valence-corrected chi connectivity index (χ0v) is 30.2. The molecule has 10 heteroatoms. The molecule has 4 aromatic rings. The van der Waals surface area contributed by atoms with Crippen LogP contribution >= 0.6 is 12.2 Å². The van der Waals surface area contributed by atoms with Gasteiger partial charge in [0.05, 0.1) is 32.0 Å². The molecule has 0 amide bonds. The lowest BCUT2D eigenvalue weighted by atomic mass is 10.1. The molecule has 48 heavy (non-hydrogen) atoms. The van der Waals surface area contributed by atoms with Crippen molar-refractivity contribution in [2.45, 2.75) is 83.6 Å². The molecule has 0 saturated carbocycles. The van der Waals surface area contributed by atoms with Gasteiger partial charge in [0.15, 0.2) is 0 Å². The van der Waals surface area contributed by atoms with Crippen LogP contribution in [0.2, 0.25) is 5.04 Å². The second kappa shape index (κ2) is 15.8. The van der Waals surface area contributed by atoms with E-state index >= 15 is 0 Å². The summed E-state index contributed by atoms with van der Waals surface area (Å²) in [6, 6.07) is 30.9. The van der Waals surface area contributed by atoms with E-state index in [-0.39, 0.29) is 11.6 Å². The molecule has 0 radical (unpaired) electrons. The number of hydrogen-bond acceptors (Lipinski definition) is 7. The summed E-state index contributed by atoms with van der Waals surface area (Å²) in [5, 5.41) is 1.96. The number of aromatic nitrogens is 2. The highest BCUT2D eigenvalue weighted by molar-refractivity contribution is 7.80. The molecule has 1 N–H and O–H groups in total. The zero-order chi connectivity index (χ0) is 34.3. The summed E-state index contributed by atoms with van der Waals surface area (Å²) >= 11 is 5.36. The van der Waals surface area contributed by atoms with Crippen molar-refractivity contribution in [2.24, 2.45) is 0 Å². The van der Waals surface area contributed by atoms with Gasteiger partial charge in [-0.05, 0) is 39.7 Å². The lowest BCUT2D eigenvalue weighted by Gasteiger charge is -2.46. The Bertz CT molecular complexity index is 1720. The predicted octanol–water partition coefficient (Wildman–Crippen LogP) is 5.46. The van der Waals surface area contributed by atoms with Crippen molar-refractivity contribution in [1.82, 2.24) is 9.55 Å². The number of rotatable bonds is 14. The summed E-state index contributed by atoms with van der Waals surface area (Å²) in [5.74, 6) is 0. The number of nitrogens with zero attached hydrogens (tertiary/aromatic N) is 1. The van der Waals surface area contributed by atoms with Crippen LogP contribution in [0.15, 0.2) is 107 Å². The number of H-pyrrole nitrogens is 1. The van der Waals surface area contributed by atoms with E-state index in [0.29, 0.717) is 31.6 Å². The molecule has 2 heterocycles. The van der Waals surface area contributed by atoms with Gasteiger partial charge in [0.2, 0.25) is 0 Å². The van der Waals surface area contributed by atoms with Crippen molar-refractivity contribution in [3.63, 3.8) is 0 Å². The van der Waals surface area contributed by atoms with E-state index < -0.39 is 44.1 Å². The Balaban J connectivity index is 1.60. The molecule has 4 atom stereocenters. The predicted molar refractivity (Wildman–Crippen MR) is 196 cm³/mol. The van der Waals surface area contributed by atoms with Gasteiger partial charge in [-0.2, -0.15) is 0 Å². The molecular formula is C38H46N2O6SSi. The zero-order valence-electron chi connectivity index (χ0n) is 28.4. The van der Waals surface area contributed by atoms with E-state index in [0.717, 1.165) is 20.8 Å². The molecule has 3 aromatic carbocycles. The quantitative estimate of drug-likeness (QED) is 0.139. The number of ether oxygens (including phenoxy) is 3. The van der Waals surface area contributed by atoms with Crippen LogP contribution in [0, 0.1) is 6.92 Å². The Kier molecular flexibility index (Phi) is 11.8. The van der Waals surface area contributed by atoms with E-state index in [9.17, 15) is 9.59 Å². The topological polar surface area (TPSA) is 91.8 Å². The average Bonchev–Trinajstić information content (AvgIpc) is 3.48. The standard InChI is InChI=1S/C38H46N2O6SSi/c1-27-24-40(37(42)39-36(27)41)34-23-32(44-22-21-28(2)47)35(45-34)33(26-43-25-29-15-9-6-10-16-29)46-48(38(3,4)5,30-17-11-7-12-18-30)31-19-13-8-14-20-31/h6-20,24,32-35H,21-23,25-26H2,1-5H3,(H,39,41,42)/t32-,33?,34+,35-/m0/s1. The molecule has 0 bridgehead atoms. The summed E-state index contributed by atoms with van der Waals surface area (Å²) in [6.07, 6.45) is 0.247. The first-order valence-electron chi connectivity index (χ1n) is 16.5. The minimum Gasteiger partial charge on any atom is -0.399 e. The molecule has 0 spiro atoms. The minimum absolute atomic E-state index is 0.225. The Labute approximate surface area is 289 Å². The maximum Gasteiger partial charge on any atom is 0.330 e. The summed E-state index contributed by atoms with van der Waals surface area (Å²) in [5.41, 5.74) is 0.514. The van der Waals surface area contributed by atoms with Crippen LogP contribution in [-0.2, 0) is 25.2 Å². The number of nitrogens with one attached hydrogen (secondary N) is 1. The molecule has 0 aliphatic carbocycles. The summed E-state index contributed by atoms with van der Waals surface area (Å²) < 4.78 is 28.8. The van der Waals surface area contributed by atoms with Crippen LogP contribution in [0.1, 0.15) is 57.9 Å². The number of benzene rings is 3. The fourth-order valence-electron chi connectivity index (χ4n) is 6.46. The van der Waals surface area contributed by atoms with Crippen molar-refractivity contribution in [1.29, 1.82) is 0 Å². The smallest absolute Gasteiger partial charge is 0.330 e. The highest BCUT2D eigenvalue weighted by Gasteiger charge is 2.54. The molecule has 1 unspecified atom stereocenters. The molecule has 1 aliphatic heterocycles. The van der Waals surface area contributed by atoms with E-state index in [1.165, 1.54) is 4.57 Å². The van der Waals surface area contributed by atoms with Gasteiger partial charge in [-0.3, -0.25) is 14.3 Å². The van der Waals surface area contributed by atoms with Crippen molar-refractivity contribution >= 4 is 35.8 Å². The maximum atomic E-state index is 13.0. The van der Waals surface area contributed by atoms with Gasteiger partial charge < -0.3 is 18.6 Å². The van der Waals surface area contributed by atoms with Gasteiger partial charge in [0, 0.05) is 24.6 Å². The molecule has 1 saturated heterocycles. The van der Waals surface area contributed by atoms with Gasteiger partial charge in [-0.15, -0.1) is 0 Å². The molecule has 8 nitrogen and oxygen atoms in total. The first kappa shape index (κ1) is 35.8. The van der Waals surface area contributed by atoms with Crippen molar-refractivity contribution in [2.75, 3.05) is 13.2 Å². The number of hydrogen-bond donors (Lipinski definition) is 1. The molecule has 1 aliphatic rings. The van der Waals surface area contributed by atoms with Gasteiger partial charge >= 0.3 is 5.69 Å². The van der Waals surface area contributed by atoms with E-state index in [4.69, 9.17) is 30.9 Å². The van der Waals surface area contributed by atoms with Crippen molar-refractivity contribution < 1.29 is 18.6 Å². The van der Waals surface area contributed by atoms with Crippen molar-refractivity contribution in [3.05, 3.63) is 129 Å². The fraction of sp³-hybridized carbons (Fsp3) is 0.395. The van der Waals surface area contributed by atoms with Gasteiger partial charge in [0.1, 0.15) is 12.3 Å². The lowest BCUT2D eigenvalue weighted by Crippen LogP contribution is -2.69. The maximum absolute atomic E-state index is 13.0. The SMILES string of the molecule is CC(=S)CCO[C@H]1C[C@H](n2cc(C)c(=O)[nH]c2=O)O[C@@H]1C(COCc1ccccc1)O[Si](c1ccccc1)(c1ccccc1)C(C)(C)C. The normalized spacial score (nSPS) is 18.9. The minimum atomic E-state index is -3.07. The van der Waals surface area contributed by atoms with Crippen LogP contribution in [0.25, 0.3) is 0 Å². The lowest BCUT2D eigenvalue weighted by molar-refractivity contribution is -0.111. The van der Waals surface area contributed by atoms with Crippen LogP contribution in [-0.4, -0.2) is 54.3 Å². The summed E-state index contributed by atoms with van der Waals surface area (Å²) in [6.45, 7) is 11.3. The molecule has 254 valence electrons. The van der Waals surface area contributed by atoms with E-state index in [1.54, 1.807) is 13.1 Å². The fourth-order valence-corrected chi connectivity index (χ4v) is 11.2. The Morgan fingerprint density at radius 2 is 1.56 bits per heavy atom. The largest absolute Gasteiger partial charge is 0.399 e. The van der Waals surface area contributed by atoms with Gasteiger partial charge in [-0.1, -0.05) is 124 Å². The number of aryl methyl sites for hydroxylation is 1. The summed E-state index contributed by atoms with van der Waals surface area (Å²) in [4.78, 5) is 28.5. The van der Waals surface area contributed by atoms with Crippen LogP contribution in [0.3, 0.4) is 0 Å². The molecule has 1 aromatic heterocycles. The third-order valence-electron chi connectivity index (χ3n) is 8.86. The Hall–Kier alpha value is -3.51. The van der Waals surface area contributed by atoms with Crippen LogP contribution < -0.4 is 21.6 Å². The second-order valence-corrected chi connectivity index (χ2v) is 18.4. The first-order valence-corrected chi connectivity index (χ1v) is 18.8. The van der Waals surface area contributed by atoms with E-state index in [2.05, 4.69) is 74.3 Å². The Morgan fingerprint density at radius 1 is 0.979 bits per heavy atom. The average molecular weight is 687 g/mol. The first-order chi connectivity index (χ1) is 23.0. The summed E-state index contributed by atoms with van der Waals surface area (Å²) in [7, 11) is -3.07. The van der Waals surface area contributed by atoms with Crippen molar-refractivity contribution in [3.8, 4) is 0 Å². The van der Waals surface area contributed by atoms with Gasteiger partial charge in [-0.25, -0.2) is 4.79 Å². The van der Waals surface area contributed by atoms with Gasteiger partial charge in [0.25, 0.3) is 13.9 Å². The second-order valence-electron chi connectivity index (χ2n) is 13.5. The highest BCUT2D eigenvalue weighted by Crippen LogP contribution is 2.40. The molecule has 1 fully saturated rings.